The normalized spacial score (nSPS) is 12.4. The van der Waals surface area contributed by atoms with Gasteiger partial charge in [-0.15, -0.1) is 0 Å². The van der Waals surface area contributed by atoms with Gasteiger partial charge in [-0.2, -0.15) is 0 Å². The van der Waals surface area contributed by atoms with Gasteiger partial charge in [-0.05, 0) is 6.04 Å². The lowest BCUT2D eigenvalue weighted by Crippen LogP contribution is -2.45. The molecule has 0 saturated carbocycles. The minimum Gasteiger partial charge on any atom is -0.450 e. The van der Waals surface area contributed by atoms with Crippen molar-refractivity contribution in [1.82, 2.24) is 4.98 Å². The second kappa shape index (κ2) is 4.97. The minimum atomic E-state index is -1.53. The maximum atomic E-state index is 11.3. The molecule has 0 aromatic carbocycles. The van der Waals surface area contributed by atoms with Crippen LogP contribution in [0.25, 0.3) is 0 Å². The van der Waals surface area contributed by atoms with E-state index in [2.05, 4.69) is 44.3 Å². The van der Waals surface area contributed by atoms with E-state index in [0.29, 0.717) is 6.61 Å². The van der Waals surface area contributed by atoms with Gasteiger partial charge < -0.3 is 9.72 Å². The highest BCUT2D eigenvalue weighted by atomic mass is 28.3. The zero-order chi connectivity index (χ0) is 11.4. The predicted molar refractivity (Wildman–Crippen MR) is 66.0 cm³/mol. The van der Waals surface area contributed by atoms with Crippen LogP contribution in [0.4, 0.5) is 4.79 Å². The fraction of sp³-hybridized carbons (Fsp3) is 0.889. The van der Waals surface area contributed by atoms with Crippen LogP contribution in [0.2, 0.25) is 45.3 Å². The molecule has 0 heterocycles. The number of hydrogen-bond acceptors (Lipinski definition) is 2. The molecule has 3 nitrogen and oxygen atoms in total. The monoisotopic (exact) mass is 233 g/mol. The van der Waals surface area contributed by atoms with E-state index in [-0.39, 0.29) is 6.09 Å². The number of rotatable bonds is 4. The third kappa shape index (κ3) is 9.79. The Morgan fingerprint density at radius 2 is 1.64 bits per heavy atom. The van der Waals surface area contributed by atoms with Gasteiger partial charge >= 0.3 is 6.09 Å². The molecule has 0 rings (SSSR count). The highest BCUT2D eigenvalue weighted by Crippen LogP contribution is 2.07. The summed E-state index contributed by atoms with van der Waals surface area (Å²) in [6.07, 6.45) is -0.248. The van der Waals surface area contributed by atoms with Gasteiger partial charge in [-0.3, -0.25) is 0 Å². The van der Waals surface area contributed by atoms with Gasteiger partial charge in [0.2, 0.25) is 0 Å². The zero-order valence-electron chi connectivity index (χ0n) is 10.2. The van der Waals surface area contributed by atoms with E-state index in [1.165, 1.54) is 0 Å². The molecule has 0 spiro atoms. The molecule has 1 N–H and O–H groups in total. The van der Waals surface area contributed by atoms with Crippen molar-refractivity contribution in [2.45, 2.75) is 45.3 Å². The molecule has 0 aromatic heterocycles. The number of nitrogens with one attached hydrogen (secondary N) is 1. The largest absolute Gasteiger partial charge is 0.450 e. The van der Waals surface area contributed by atoms with Crippen LogP contribution in [-0.2, 0) is 4.74 Å². The molecule has 0 aliphatic heterocycles. The number of amides is 1. The van der Waals surface area contributed by atoms with Crippen LogP contribution in [0.15, 0.2) is 0 Å². The standard InChI is InChI=1S/C9H23NO2Si2/c1-13(2,3)8-7-12-9(11)10-14(4,5)6/h7-8H2,1-6H3,(H,10,11). The van der Waals surface area contributed by atoms with E-state index >= 15 is 0 Å². The van der Waals surface area contributed by atoms with E-state index in [1.807, 2.05) is 0 Å². The summed E-state index contributed by atoms with van der Waals surface area (Å²) in [6.45, 7) is 13.6. The van der Waals surface area contributed by atoms with Crippen molar-refractivity contribution in [2.24, 2.45) is 0 Å². The zero-order valence-corrected chi connectivity index (χ0v) is 12.2. The first-order valence-electron chi connectivity index (χ1n) is 5.05. The van der Waals surface area contributed by atoms with Gasteiger partial charge in [0.05, 0.1) is 6.61 Å². The average molecular weight is 233 g/mol. The van der Waals surface area contributed by atoms with Crippen molar-refractivity contribution in [1.29, 1.82) is 0 Å². The third-order valence-electron chi connectivity index (χ3n) is 1.56. The molecule has 14 heavy (non-hydrogen) atoms. The molecular weight excluding hydrogens is 210 g/mol. The van der Waals surface area contributed by atoms with Crippen LogP contribution in [0.3, 0.4) is 0 Å². The summed E-state index contributed by atoms with van der Waals surface area (Å²) in [5.74, 6) is 0. The SMILES string of the molecule is C[Si](C)(C)CCOC(=O)N[Si](C)(C)C. The molecule has 0 saturated heterocycles. The van der Waals surface area contributed by atoms with Crippen LogP contribution in [0, 0.1) is 0 Å². The second-order valence-corrected chi connectivity index (χ2v) is 16.2. The summed E-state index contributed by atoms with van der Waals surface area (Å²) in [5, 5.41) is 0. The highest BCUT2D eigenvalue weighted by molar-refractivity contribution is 6.76. The summed E-state index contributed by atoms with van der Waals surface area (Å²) in [6, 6.07) is 1.03. The summed E-state index contributed by atoms with van der Waals surface area (Å²) < 4.78 is 5.11. The fourth-order valence-corrected chi connectivity index (χ4v) is 2.19. The Bertz CT molecular complexity index is 194. The Kier molecular flexibility index (Phi) is 4.87. The summed E-state index contributed by atoms with van der Waals surface area (Å²) in [5.41, 5.74) is 0. The van der Waals surface area contributed by atoms with Crippen LogP contribution < -0.4 is 4.98 Å². The Hall–Kier alpha value is -0.296. The molecule has 0 aliphatic carbocycles. The summed E-state index contributed by atoms with van der Waals surface area (Å²) in [7, 11) is -2.61. The van der Waals surface area contributed by atoms with Gasteiger partial charge in [0.1, 0.15) is 0 Å². The van der Waals surface area contributed by atoms with Gasteiger partial charge in [0.25, 0.3) is 0 Å². The number of carbonyl (C=O) groups excluding carboxylic acids is 1. The van der Waals surface area contributed by atoms with E-state index in [0.717, 1.165) is 6.04 Å². The summed E-state index contributed by atoms with van der Waals surface area (Å²) >= 11 is 0. The average Bonchev–Trinajstić information content (AvgIpc) is 1.78. The molecule has 5 heteroatoms. The van der Waals surface area contributed by atoms with E-state index in [1.54, 1.807) is 0 Å². The third-order valence-corrected chi connectivity index (χ3v) is 4.22. The molecule has 0 unspecified atom stereocenters. The maximum absolute atomic E-state index is 11.3. The first-order chi connectivity index (χ1) is 6.10. The predicted octanol–water partition coefficient (Wildman–Crippen LogP) is 2.89. The van der Waals surface area contributed by atoms with Crippen LogP contribution >= 0.6 is 0 Å². The Morgan fingerprint density at radius 3 is 2.00 bits per heavy atom. The Morgan fingerprint density at radius 1 is 1.14 bits per heavy atom. The molecular formula is C9H23NO2Si2. The van der Waals surface area contributed by atoms with Crippen molar-refractivity contribution < 1.29 is 9.53 Å². The first kappa shape index (κ1) is 13.7. The lowest BCUT2D eigenvalue weighted by molar-refractivity contribution is 0.157. The van der Waals surface area contributed by atoms with Crippen LogP contribution in [0.1, 0.15) is 0 Å². The molecule has 1 amide bonds. The number of hydrogen-bond donors (Lipinski definition) is 1. The summed E-state index contributed by atoms with van der Waals surface area (Å²) in [4.78, 5) is 14.2. The first-order valence-corrected chi connectivity index (χ1v) is 12.3. The smallest absolute Gasteiger partial charge is 0.399 e. The van der Waals surface area contributed by atoms with E-state index < -0.39 is 16.3 Å². The van der Waals surface area contributed by atoms with Gasteiger partial charge in [0, 0.05) is 8.07 Å². The molecule has 0 atom stereocenters. The molecule has 0 radical (unpaired) electrons. The van der Waals surface area contributed by atoms with Crippen molar-refractivity contribution in [3.05, 3.63) is 0 Å². The fourth-order valence-electron chi connectivity index (χ4n) is 0.792. The minimum absolute atomic E-state index is 0.248. The second-order valence-electron chi connectivity index (χ2n) is 5.82. The van der Waals surface area contributed by atoms with Gasteiger partial charge in [-0.25, -0.2) is 4.79 Å². The number of ether oxygens (including phenoxy) is 1. The van der Waals surface area contributed by atoms with Crippen LogP contribution in [0.5, 0.6) is 0 Å². The lowest BCUT2D eigenvalue weighted by atomic mass is 10.8. The van der Waals surface area contributed by atoms with Gasteiger partial charge in [0.15, 0.2) is 8.24 Å². The lowest BCUT2D eigenvalue weighted by Gasteiger charge is -2.19. The van der Waals surface area contributed by atoms with Gasteiger partial charge in [-0.1, -0.05) is 39.3 Å². The van der Waals surface area contributed by atoms with Crippen molar-refractivity contribution in [3.8, 4) is 0 Å². The highest BCUT2D eigenvalue weighted by Gasteiger charge is 2.18. The van der Waals surface area contributed by atoms with Crippen molar-refractivity contribution >= 4 is 22.4 Å². The molecule has 0 aromatic rings. The Balaban J connectivity index is 3.66. The quantitative estimate of drug-likeness (QED) is 0.758. The van der Waals surface area contributed by atoms with Crippen molar-refractivity contribution in [2.75, 3.05) is 6.61 Å². The maximum Gasteiger partial charge on any atom is 0.399 e. The molecule has 0 bridgehead atoms. The molecule has 0 aliphatic rings. The van der Waals surface area contributed by atoms with Crippen LogP contribution in [-0.4, -0.2) is 29.0 Å². The molecule has 84 valence electrons. The topological polar surface area (TPSA) is 38.3 Å². The molecule has 0 fully saturated rings. The number of carbonyl (C=O) groups is 1. The van der Waals surface area contributed by atoms with Crippen molar-refractivity contribution in [3.63, 3.8) is 0 Å². The van der Waals surface area contributed by atoms with E-state index in [4.69, 9.17) is 4.74 Å². The van der Waals surface area contributed by atoms with E-state index in [9.17, 15) is 4.79 Å². The Labute approximate surface area is 89.3 Å².